The van der Waals surface area contributed by atoms with Crippen molar-refractivity contribution in [3.63, 3.8) is 0 Å². The topological polar surface area (TPSA) is 64.4 Å². The Morgan fingerprint density at radius 3 is 2.33 bits per heavy atom. The zero-order chi connectivity index (χ0) is 16.2. The van der Waals surface area contributed by atoms with Gasteiger partial charge in [0.2, 0.25) is 5.91 Å². The Kier molecular flexibility index (Phi) is 5.47. The van der Waals surface area contributed by atoms with E-state index in [-0.39, 0.29) is 0 Å². The third-order valence-corrected chi connectivity index (χ3v) is 2.47. The highest BCUT2D eigenvalue weighted by Gasteiger charge is 2.43. The van der Waals surface area contributed by atoms with Crippen molar-refractivity contribution < 1.29 is 31.5 Å². The molecular formula is C12H13F5N2O2. The van der Waals surface area contributed by atoms with Crippen LogP contribution < -0.4 is 15.8 Å². The van der Waals surface area contributed by atoms with Crippen molar-refractivity contribution in [3.05, 3.63) is 29.8 Å². The lowest BCUT2D eigenvalue weighted by Crippen LogP contribution is -2.45. The fourth-order valence-corrected chi connectivity index (χ4v) is 1.53. The molecule has 1 rings (SSSR count). The maximum absolute atomic E-state index is 13.0. The Morgan fingerprint density at radius 1 is 1.29 bits per heavy atom. The van der Waals surface area contributed by atoms with Gasteiger partial charge in [-0.2, -0.15) is 22.0 Å². The van der Waals surface area contributed by atoms with Crippen molar-refractivity contribution in [2.24, 2.45) is 5.73 Å². The molecule has 4 nitrogen and oxygen atoms in total. The molecule has 0 radical (unpaired) electrons. The first-order valence-corrected chi connectivity index (χ1v) is 5.79. The molecule has 9 heteroatoms. The highest BCUT2D eigenvalue weighted by molar-refractivity contribution is 5.81. The third-order valence-electron chi connectivity index (χ3n) is 2.47. The van der Waals surface area contributed by atoms with Crippen LogP contribution in [-0.4, -0.2) is 24.7 Å². The minimum atomic E-state index is -4.90. The number of ether oxygens (including phenoxy) is 1. The van der Waals surface area contributed by atoms with Crippen LogP contribution in [0.3, 0.4) is 0 Å². The maximum atomic E-state index is 13.0. The number of hydrogen-bond donors (Lipinski definition) is 2. The summed E-state index contributed by atoms with van der Waals surface area (Å²) in [5.74, 6) is -1.73. The van der Waals surface area contributed by atoms with Crippen LogP contribution in [0.2, 0.25) is 0 Å². The van der Waals surface area contributed by atoms with Gasteiger partial charge in [-0.25, -0.2) is 0 Å². The van der Waals surface area contributed by atoms with Gasteiger partial charge < -0.3 is 15.8 Å². The number of hydrogen-bond acceptors (Lipinski definition) is 3. The summed E-state index contributed by atoms with van der Waals surface area (Å²) in [6.45, 7) is -2.09. The van der Waals surface area contributed by atoms with Gasteiger partial charge in [-0.3, -0.25) is 4.79 Å². The molecule has 0 aliphatic carbocycles. The number of carbonyl (C=O) groups excluding carboxylic acids is 1. The SMILES string of the molecule is CC(N)C(=O)NC(c1ccccc1OC(F)F)C(F)(F)F. The van der Waals surface area contributed by atoms with Crippen molar-refractivity contribution in [2.75, 3.05) is 0 Å². The molecule has 0 bridgehead atoms. The Hall–Kier alpha value is -1.90. The number of rotatable bonds is 5. The van der Waals surface area contributed by atoms with Gasteiger partial charge in [-0.05, 0) is 13.0 Å². The van der Waals surface area contributed by atoms with Crippen molar-refractivity contribution in [3.8, 4) is 5.75 Å². The molecule has 0 aromatic heterocycles. The van der Waals surface area contributed by atoms with Crippen molar-refractivity contribution in [1.82, 2.24) is 5.32 Å². The van der Waals surface area contributed by atoms with Gasteiger partial charge in [-0.1, -0.05) is 18.2 Å². The molecule has 0 fully saturated rings. The minimum Gasteiger partial charge on any atom is -0.434 e. The van der Waals surface area contributed by atoms with E-state index in [4.69, 9.17) is 5.73 Å². The largest absolute Gasteiger partial charge is 0.434 e. The standard InChI is InChI=1S/C12H13F5N2O2/c1-6(18)10(20)19-9(12(15,16)17)7-4-2-3-5-8(7)21-11(13)14/h2-6,9,11H,18H2,1H3,(H,19,20). The van der Waals surface area contributed by atoms with Gasteiger partial charge in [0.05, 0.1) is 6.04 Å². The summed E-state index contributed by atoms with van der Waals surface area (Å²) in [5, 5.41) is 1.67. The van der Waals surface area contributed by atoms with Crippen LogP contribution in [0.15, 0.2) is 24.3 Å². The molecule has 1 aromatic carbocycles. The molecule has 0 saturated carbocycles. The summed E-state index contributed by atoms with van der Waals surface area (Å²) in [6.07, 6.45) is -4.90. The summed E-state index contributed by atoms with van der Waals surface area (Å²) in [7, 11) is 0. The Bertz CT molecular complexity index is 491. The number of benzene rings is 1. The average molecular weight is 312 g/mol. The van der Waals surface area contributed by atoms with Gasteiger partial charge in [0, 0.05) is 5.56 Å². The van der Waals surface area contributed by atoms with Gasteiger partial charge >= 0.3 is 12.8 Å². The van der Waals surface area contributed by atoms with Gasteiger partial charge in [-0.15, -0.1) is 0 Å². The fraction of sp³-hybridized carbons (Fsp3) is 0.417. The summed E-state index contributed by atoms with van der Waals surface area (Å²) in [4.78, 5) is 11.4. The second-order valence-electron chi connectivity index (χ2n) is 4.19. The van der Waals surface area contributed by atoms with E-state index in [0.29, 0.717) is 0 Å². The molecule has 1 amide bonds. The molecule has 0 aliphatic rings. The summed E-state index contributed by atoms with van der Waals surface area (Å²) in [6, 6.07) is 0.672. The van der Waals surface area contributed by atoms with E-state index in [1.165, 1.54) is 19.1 Å². The van der Waals surface area contributed by atoms with E-state index in [1.54, 1.807) is 5.32 Å². The van der Waals surface area contributed by atoms with Gasteiger partial charge in [0.1, 0.15) is 5.75 Å². The number of carbonyl (C=O) groups is 1. The maximum Gasteiger partial charge on any atom is 0.413 e. The van der Waals surface area contributed by atoms with Crippen LogP contribution in [0.4, 0.5) is 22.0 Å². The molecule has 2 unspecified atom stereocenters. The molecule has 118 valence electrons. The molecule has 1 aromatic rings. The van der Waals surface area contributed by atoms with Gasteiger partial charge in [0.15, 0.2) is 6.04 Å². The highest BCUT2D eigenvalue weighted by atomic mass is 19.4. The van der Waals surface area contributed by atoms with E-state index in [1.807, 2.05) is 0 Å². The van der Waals surface area contributed by atoms with Crippen molar-refractivity contribution >= 4 is 5.91 Å². The van der Waals surface area contributed by atoms with Crippen LogP contribution in [0, 0.1) is 0 Å². The normalized spacial score (nSPS) is 14.7. The molecule has 0 spiro atoms. The molecule has 0 saturated heterocycles. The number of amides is 1. The molecule has 2 atom stereocenters. The molecule has 0 heterocycles. The van der Waals surface area contributed by atoms with Crippen molar-refractivity contribution in [2.45, 2.75) is 31.8 Å². The quantitative estimate of drug-likeness (QED) is 0.820. The lowest BCUT2D eigenvalue weighted by molar-refractivity contribution is -0.164. The van der Waals surface area contributed by atoms with E-state index in [9.17, 15) is 26.7 Å². The zero-order valence-electron chi connectivity index (χ0n) is 10.8. The summed E-state index contributed by atoms with van der Waals surface area (Å²) < 4.78 is 67.7. The lowest BCUT2D eigenvalue weighted by Gasteiger charge is -2.24. The summed E-state index contributed by atoms with van der Waals surface area (Å²) in [5.41, 5.74) is 4.57. The fourth-order valence-electron chi connectivity index (χ4n) is 1.53. The van der Waals surface area contributed by atoms with E-state index in [0.717, 1.165) is 12.1 Å². The molecule has 3 N–H and O–H groups in total. The smallest absolute Gasteiger partial charge is 0.413 e. The lowest BCUT2D eigenvalue weighted by atomic mass is 10.0. The van der Waals surface area contributed by atoms with Crippen LogP contribution >= 0.6 is 0 Å². The van der Waals surface area contributed by atoms with E-state index < -0.39 is 42.1 Å². The molecular weight excluding hydrogens is 299 g/mol. The van der Waals surface area contributed by atoms with Crippen LogP contribution in [-0.2, 0) is 4.79 Å². The first-order valence-electron chi connectivity index (χ1n) is 5.79. The second kappa shape index (κ2) is 6.70. The first-order chi connectivity index (χ1) is 9.62. The molecule has 0 aliphatic heterocycles. The first kappa shape index (κ1) is 17.2. The third kappa shape index (κ3) is 4.85. The molecule has 21 heavy (non-hydrogen) atoms. The van der Waals surface area contributed by atoms with Crippen molar-refractivity contribution in [1.29, 1.82) is 0 Å². The Balaban J connectivity index is 3.18. The van der Waals surface area contributed by atoms with E-state index >= 15 is 0 Å². The number of para-hydroxylation sites is 1. The monoisotopic (exact) mass is 312 g/mol. The predicted molar refractivity (Wildman–Crippen MR) is 63.7 cm³/mol. The predicted octanol–water partition coefficient (Wildman–Crippen LogP) is 2.35. The van der Waals surface area contributed by atoms with E-state index in [2.05, 4.69) is 4.74 Å². The number of nitrogens with one attached hydrogen (secondary N) is 1. The zero-order valence-corrected chi connectivity index (χ0v) is 10.8. The van der Waals surface area contributed by atoms with Crippen LogP contribution in [0.1, 0.15) is 18.5 Å². The highest BCUT2D eigenvalue weighted by Crippen LogP contribution is 2.37. The Labute approximate surface area is 117 Å². The average Bonchev–Trinajstić information content (AvgIpc) is 2.34. The number of nitrogens with two attached hydrogens (primary N) is 1. The second-order valence-corrected chi connectivity index (χ2v) is 4.19. The number of alkyl halides is 5. The summed E-state index contributed by atoms with van der Waals surface area (Å²) >= 11 is 0. The number of halogens is 5. The Morgan fingerprint density at radius 2 is 1.86 bits per heavy atom. The van der Waals surface area contributed by atoms with Crippen LogP contribution in [0.25, 0.3) is 0 Å². The minimum absolute atomic E-state index is 0.626. The van der Waals surface area contributed by atoms with Crippen LogP contribution in [0.5, 0.6) is 5.75 Å². The van der Waals surface area contributed by atoms with Gasteiger partial charge in [0.25, 0.3) is 0 Å².